The van der Waals surface area contributed by atoms with Gasteiger partial charge in [0.15, 0.2) is 0 Å². The molecule has 1 aromatic rings. The maximum atomic E-state index is 13.1. The number of rotatable bonds is 5. The first-order valence-electron chi connectivity index (χ1n) is 6.59. The van der Waals surface area contributed by atoms with Crippen molar-refractivity contribution in [3.8, 4) is 0 Å². The minimum Gasteiger partial charge on any atom is -0.384 e. The first-order valence-corrected chi connectivity index (χ1v) is 6.97. The summed E-state index contributed by atoms with van der Waals surface area (Å²) in [6.45, 7) is 3.84. The molecule has 0 bridgehead atoms. The summed E-state index contributed by atoms with van der Waals surface area (Å²) in [6, 6.07) is 4.38. The number of benzene rings is 1. The van der Waals surface area contributed by atoms with Gasteiger partial charge in [-0.2, -0.15) is 0 Å². The summed E-state index contributed by atoms with van der Waals surface area (Å²) in [6.07, 6.45) is 2.27. The van der Waals surface area contributed by atoms with Gasteiger partial charge in [0.25, 0.3) is 5.92 Å². The molecular formula is C14H19ClF2N2. The smallest absolute Gasteiger partial charge is 0.270 e. The largest absolute Gasteiger partial charge is 0.384 e. The highest BCUT2D eigenvalue weighted by atomic mass is 35.5. The molecule has 19 heavy (non-hydrogen) atoms. The third kappa shape index (κ3) is 4.05. The van der Waals surface area contributed by atoms with Crippen molar-refractivity contribution >= 4 is 17.3 Å². The Morgan fingerprint density at radius 3 is 2.84 bits per heavy atom. The number of hydrogen-bond donors (Lipinski definition) is 2. The number of alkyl halides is 2. The van der Waals surface area contributed by atoms with E-state index in [-0.39, 0.29) is 5.56 Å². The van der Waals surface area contributed by atoms with Crippen LogP contribution in [-0.2, 0) is 5.92 Å². The lowest BCUT2D eigenvalue weighted by Gasteiger charge is -2.15. The third-order valence-electron chi connectivity index (χ3n) is 3.51. The van der Waals surface area contributed by atoms with E-state index in [1.54, 1.807) is 6.07 Å². The Kier molecular flexibility index (Phi) is 4.63. The van der Waals surface area contributed by atoms with Crippen molar-refractivity contribution in [2.75, 3.05) is 25.0 Å². The van der Waals surface area contributed by atoms with Gasteiger partial charge in [-0.25, -0.2) is 8.78 Å². The summed E-state index contributed by atoms with van der Waals surface area (Å²) in [4.78, 5) is 0. The van der Waals surface area contributed by atoms with Gasteiger partial charge >= 0.3 is 0 Å². The molecule has 5 heteroatoms. The fraction of sp³-hybridized carbons (Fsp3) is 0.571. The van der Waals surface area contributed by atoms with Crippen LogP contribution in [0.1, 0.15) is 25.3 Å². The van der Waals surface area contributed by atoms with Crippen molar-refractivity contribution < 1.29 is 8.78 Å². The maximum Gasteiger partial charge on any atom is 0.270 e. The van der Waals surface area contributed by atoms with Gasteiger partial charge in [0.05, 0.1) is 10.7 Å². The zero-order valence-electron chi connectivity index (χ0n) is 11.0. The monoisotopic (exact) mass is 288 g/mol. The Balaban J connectivity index is 1.90. The molecule has 0 aliphatic carbocycles. The molecule has 1 fully saturated rings. The molecule has 1 aliphatic rings. The number of nitrogens with one attached hydrogen (secondary N) is 2. The van der Waals surface area contributed by atoms with E-state index in [4.69, 9.17) is 11.6 Å². The molecule has 0 saturated carbocycles. The highest BCUT2D eigenvalue weighted by Crippen LogP contribution is 2.32. The normalized spacial score (nSPS) is 19.7. The highest BCUT2D eigenvalue weighted by molar-refractivity contribution is 6.33. The Labute approximate surface area is 117 Å². The summed E-state index contributed by atoms with van der Waals surface area (Å²) in [7, 11) is 0. The summed E-state index contributed by atoms with van der Waals surface area (Å²) >= 11 is 6.02. The molecule has 2 N–H and O–H groups in total. The molecule has 2 nitrogen and oxygen atoms in total. The predicted molar refractivity (Wildman–Crippen MR) is 75.1 cm³/mol. The van der Waals surface area contributed by atoms with Gasteiger partial charge in [-0.15, -0.1) is 0 Å². The minimum atomic E-state index is -2.85. The molecule has 1 saturated heterocycles. The third-order valence-corrected chi connectivity index (χ3v) is 3.82. The average molecular weight is 289 g/mol. The van der Waals surface area contributed by atoms with Crippen molar-refractivity contribution in [1.82, 2.24) is 5.32 Å². The standard InChI is InChI=1S/C14H19ClF2N2/c1-14(16,17)11-2-3-13(12(15)8-11)19-7-5-10-4-6-18-9-10/h2-3,8,10,18-19H,4-7,9H2,1H3. The molecule has 1 unspecified atom stereocenters. The molecule has 0 aromatic heterocycles. The Morgan fingerprint density at radius 2 is 2.26 bits per heavy atom. The van der Waals surface area contributed by atoms with Crippen molar-refractivity contribution in [2.24, 2.45) is 5.92 Å². The van der Waals surface area contributed by atoms with E-state index in [1.165, 1.54) is 18.6 Å². The zero-order chi connectivity index (χ0) is 13.9. The minimum absolute atomic E-state index is 0.0527. The van der Waals surface area contributed by atoms with E-state index in [9.17, 15) is 8.78 Å². The molecule has 2 rings (SSSR count). The van der Waals surface area contributed by atoms with E-state index in [0.717, 1.165) is 38.7 Å². The SMILES string of the molecule is CC(F)(F)c1ccc(NCCC2CCNC2)c(Cl)c1. The lowest BCUT2D eigenvalue weighted by Crippen LogP contribution is -2.13. The molecule has 1 aromatic carbocycles. The van der Waals surface area contributed by atoms with Crippen LogP contribution < -0.4 is 10.6 Å². The first-order chi connectivity index (χ1) is 8.97. The Morgan fingerprint density at radius 1 is 1.47 bits per heavy atom. The van der Waals surface area contributed by atoms with Gasteiger partial charge in [0.2, 0.25) is 0 Å². The number of hydrogen-bond acceptors (Lipinski definition) is 2. The average Bonchev–Trinajstić information content (AvgIpc) is 2.83. The van der Waals surface area contributed by atoms with Crippen LogP contribution in [0.25, 0.3) is 0 Å². The number of anilines is 1. The van der Waals surface area contributed by atoms with Crippen LogP contribution in [0, 0.1) is 5.92 Å². The van der Waals surface area contributed by atoms with Crippen molar-refractivity contribution in [2.45, 2.75) is 25.7 Å². The fourth-order valence-corrected chi connectivity index (χ4v) is 2.55. The lowest BCUT2D eigenvalue weighted by molar-refractivity contribution is 0.0175. The zero-order valence-corrected chi connectivity index (χ0v) is 11.7. The summed E-state index contributed by atoms with van der Waals surface area (Å²) in [5.41, 5.74) is 0.670. The second kappa shape index (κ2) is 6.06. The van der Waals surface area contributed by atoms with Crippen LogP contribution in [-0.4, -0.2) is 19.6 Å². The summed E-state index contributed by atoms with van der Waals surface area (Å²) in [5.74, 6) is -2.15. The van der Waals surface area contributed by atoms with Crippen LogP contribution >= 0.6 is 11.6 Å². The van der Waals surface area contributed by atoms with Crippen molar-refractivity contribution in [3.63, 3.8) is 0 Å². The van der Waals surface area contributed by atoms with E-state index in [0.29, 0.717) is 10.9 Å². The molecule has 106 valence electrons. The van der Waals surface area contributed by atoms with Gasteiger partial charge in [0.1, 0.15) is 0 Å². The Hall–Kier alpha value is -0.870. The second-order valence-corrected chi connectivity index (χ2v) is 5.56. The molecule has 0 radical (unpaired) electrons. The van der Waals surface area contributed by atoms with E-state index in [1.807, 2.05) is 0 Å². The van der Waals surface area contributed by atoms with E-state index in [2.05, 4.69) is 10.6 Å². The highest BCUT2D eigenvalue weighted by Gasteiger charge is 2.24. The van der Waals surface area contributed by atoms with Crippen LogP contribution in [0.5, 0.6) is 0 Å². The Bertz CT molecular complexity index is 426. The topological polar surface area (TPSA) is 24.1 Å². The van der Waals surface area contributed by atoms with Gasteiger partial charge < -0.3 is 10.6 Å². The maximum absolute atomic E-state index is 13.1. The molecular weight excluding hydrogens is 270 g/mol. The van der Waals surface area contributed by atoms with Gasteiger partial charge in [-0.05, 0) is 44.0 Å². The van der Waals surface area contributed by atoms with Crippen molar-refractivity contribution in [3.05, 3.63) is 28.8 Å². The first kappa shape index (κ1) is 14.5. The number of halogens is 3. The van der Waals surface area contributed by atoms with Gasteiger partial charge in [0, 0.05) is 19.0 Å². The molecule has 1 aliphatic heterocycles. The lowest BCUT2D eigenvalue weighted by atomic mass is 10.1. The summed E-state index contributed by atoms with van der Waals surface area (Å²) < 4.78 is 26.3. The fourth-order valence-electron chi connectivity index (χ4n) is 2.30. The van der Waals surface area contributed by atoms with Crippen LogP contribution in [0.3, 0.4) is 0 Å². The van der Waals surface area contributed by atoms with Gasteiger partial charge in [-0.3, -0.25) is 0 Å². The summed E-state index contributed by atoms with van der Waals surface area (Å²) in [5, 5.41) is 6.88. The second-order valence-electron chi connectivity index (χ2n) is 5.16. The van der Waals surface area contributed by atoms with E-state index < -0.39 is 5.92 Å². The molecule has 1 heterocycles. The van der Waals surface area contributed by atoms with Crippen LogP contribution in [0.4, 0.5) is 14.5 Å². The predicted octanol–water partition coefficient (Wildman–Crippen LogP) is 3.86. The van der Waals surface area contributed by atoms with Crippen molar-refractivity contribution in [1.29, 1.82) is 0 Å². The van der Waals surface area contributed by atoms with Crippen LogP contribution in [0.15, 0.2) is 18.2 Å². The molecule has 0 spiro atoms. The van der Waals surface area contributed by atoms with Crippen LogP contribution in [0.2, 0.25) is 5.02 Å². The van der Waals surface area contributed by atoms with E-state index >= 15 is 0 Å². The molecule has 1 atom stereocenters. The van der Waals surface area contributed by atoms with Gasteiger partial charge in [-0.1, -0.05) is 17.7 Å². The quantitative estimate of drug-likeness (QED) is 0.860. The molecule has 0 amide bonds.